The maximum atomic E-state index is 11.8. The Morgan fingerprint density at radius 2 is 1.87 bits per heavy atom. The number of carbonyl (C=O) groups is 2. The van der Waals surface area contributed by atoms with E-state index < -0.39 is 0 Å². The van der Waals surface area contributed by atoms with Crippen molar-refractivity contribution in [2.24, 2.45) is 5.92 Å². The molecule has 0 bridgehead atoms. The minimum absolute atomic E-state index is 0.0712. The molecule has 128 valence electrons. The molecular formula is C16H23Br2N3O2. The van der Waals surface area contributed by atoms with Gasteiger partial charge < -0.3 is 16.0 Å². The van der Waals surface area contributed by atoms with E-state index in [1.165, 1.54) is 0 Å². The fourth-order valence-corrected chi connectivity index (χ4v) is 2.92. The van der Waals surface area contributed by atoms with E-state index in [1.807, 2.05) is 18.2 Å². The van der Waals surface area contributed by atoms with Gasteiger partial charge in [0.25, 0.3) is 0 Å². The van der Waals surface area contributed by atoms with Gasteiger partial charge in [-0.3, -0.25) is 4.79 Å². The van der Waals surface area contributed by atoms with Gasteiger partial charge in [0.05, 0.1) is 5.69 Å². The summed E-state index contributed by atoms with van der Waals surface area (Å²) in [6.07, 6.45) is 2.02. The summed E-state index contributed by atoms with van der Waals surface area (Å²) in [5, 5.41) is 8.43. The van der Waals surface area contributed by atoms with Crippen molar-refractivity contribution < 1.29 is 9.59 Å². The van der Waals surface area contributed by atoms with Gasteiger partial charge in [0.1, 0.15) is 0 Å². The molecule has 3 N–H and O–H groups in total. The number of hydrogen-bond donors (Lipinski definition) is 3. The molecule has 23 heavy (non-hydrogen) atoms. The number of unbranched alkanes of at least 4 members (excludes halogenated alkanes) is 1. The van der Waals surface area contributed by atoms with Gasteiger partial charge in [0.15, 0.2) is 0 Å². The van der Waals surface area contributed by atoms with Crippen LogP contribution in [0.5, 0.6) is 0 Å². The maximum absolute atomic E-state index is 11.8. The standard InChI is InChI=1S/C16H23Br2N3O2/c1-11(2)10-20-15(22)5-3-4-8-19-16(23)21-14-7-6-12(17)9-13(14)18/h6-7,9,11H,3-5,8,10H2,1-2H3,(H,20,22)(H2,19,21,23). The highest BCUT2D eigenvalue weighted by Crippen LogP contribution is 2.25. The lowest BCUT2D eigenvalue weighted by atomic mass is 10.2. The fourth-order valence-electron chi connectivity index (χ4n) is 1.78. The number of carbonyl (C=O) groups excluding carboxylic acids is 2. The highest BCUT2D eigenvalue weighted by atomic mass is 79.9. The average Bonchev–Trinajstić information content (AvgIpc) is 2.47. The maximum Gasteiger partial charge on any atom is 0.319 e. The molecule has 0 atom stereocenters. The van der Waals surface area contributed by atoms with Crippen LogP contribution in [0.2, 0.25) is 0 Å². The Hall–Kier alpha value is -1.08. The van der Waals surface area contributed by atoms with Gasteiger partial charge in [0, 0.05) is 28.5 Å². The topological polar surface area (TPSA) is 70.2 Å². The van der Waals surface area contributed by atoms with E-state index in [0.717, 1.165) is 21.8 Å². The van der Waals surface area contributed by atoms with Crippen LogP contribution in [0.25, 0.3) is 0 Å². The van der Waals surface area contributed by atoms with Crippen molar-refractivity contribution in [1.29, 1.82) is 0 Å². The second-order valence-corrected chi connectivity index (χ2v) is 7.43. The molecule has 0 saturated heterocycles. The molecule has 0 spiro atoms. The van der Waals surface area contributed by atoms with Crippen LogP contribution >= 0.6 is 31.9 Å². The summed E-state index contributed by atoms with van der Waals surface area (Å²) in [5.41, 5.74) is 0.707. The highest BCUT2D eigenvalue weighted by molar-refractivity contribution is 9.11. The lowest BCUT2D eigenvalue weighted by molar-refractivity contribution is -0.121. The molecule has 0 radical (unpaired) electrons. The number of amides is 3. The van der Waals surface area contributed by atoms with Gasteiger partial charge in [0.2, 0.25) is 5.91 Å². The van der Waals surface area contributed by atoms with Crippen molar-refractivity contribution >= 4 is 49.5 Å². The summed E-state index contributed by atoms with van der Waals surface area (Å²) in [4.78, 5) is 23.3. The SMILES string of the molecule is CC(C)CNC(=O)CCCCNC(=O)Nc1ccc(Br)cc1Br. The molecule has 1 rings (SSSR count). The van der Waals surface area contributed by atoms with Crippen LogP contribution in [0.1, 0.15) is 33.1 Å². The summed E-state index contributed by atoms with van der Waals surface area (Å²) in [6.45, 7) is 5.37. The molecule has 0 aliphatic heterocycles. The van der Waals surface area contributed by atoms with Crippen molar-refractivity contribution in [3.8, 4) is 0 Å². The molecule has 0 aliphatic carbocycles. The monoisotopic (exact) mass is 447 g/mol. The van der Waals surface area contributed by atoms with Crippen molar-refractivity contribution in [3.05, 3.63) is 27.1 Å². The molecule has 5 nitrogen and oxygen atoms in total. The Labute approximate surface area is 154 Å². The second-order valence-electron chi connectivity index (χ2n) is 5.66. The zero-order chi connectivity index (χ0) is 17.2. The summed E-state index contributed by atoms with van der Waals surface area (Å²) >= 11 is 6.75. The van der Waals surface area contributed by atoms with E-state index in [4.69, 9.17) is 0 Å². The van der Waals surface area contributed by atoms with Crippen LogP contribution in [0, 0.1) is 5.92 Å². The molecule has 0 aromatic heterocycles. The Bertz CT molecular complexity index is 536. The predicted molar refractivity (Wildman–Crippen MR) is 101 cm³/mol. The number of rotatable bonds is 8. The predicted octanol–water partition coefficient (Wildman–Crippen LogP) is 4.28. The summed E-state index contributed by atoms with van der Waals surface area (Å²) in [5.74, 6) is 0.532. The number of benzene rings is 1. The van der Waals surface area contributed by atoms with Crippen molar-refractivity contribution in [2.45, 2.75) is 33.1 Å². The number of nitrogens with one attached hydrogen (secondary N) is 3. The highest BCUT2D eigenvalue weighted by Gasteiger charge is 2.06. The van der Waals surface area contributed by atoms with Crippen LogP contribution in [-0.4, -0.2) is 25.0 Å². The van der Waals surface area contributed by atoms with Gasteiger partial charge in [-0.15, -0.1) is 0 Å². The minimum Gasteiger partial charge on any atom is -0.356 e. The smallest absolute Gasteiger partial charge is 0.319 e. The Balaban J connectivity index is 2.16. The first-order valence-corrected chi connectivity index (χ1v) is 9.23. The largest absolute Gasteiger partial charge is 0.356 e. The molecular weight excluding hydrogens is 426 g/mol. The van der Waals surface area contributed by atoms with Crippen LogP contribution in [0.4, 0.5) is 10.5 Å². The van der Waals surface area contributed by atoms with E-state index >= 15 is 0 Å². The van der Waals surface area contributed by atoms with Crippen LogP contribution in [-0.2, 0) is 4.79 Å². The third-order valence-electron chi connectivity index (χ3n) is 3.00. The van der Waals surface area contributed by atoms with Gasteiger partial charge in [-0.25, -0.2) is 4.79 Å². The molecule has 1 aromatic rings. The quantitative estimate of drug-likeness (QED) is 0.519. The van der Waals surface area contributed by atoms with Gasteiger partial charge in [-0.2, -0.15) is 0 Å². The molecule has 0 heterocycles. The molecule has 0 fully saturated rings. The lowest BCUT2D eigenvalue weighted by Crippen LogP contribution is -2.30. The molecule has 3 amide bonds. The molecule has 1 aromatic carbocycles. The van der Waals surface area contributed by atoms with Crippen molar-refractivity contribution in [3.63, 3.8) is 0 Å². The number of halogens is 2. The van der Waals surface area contributed by atoms with Gasteiger partial charge in [-0.05, 0) is 52.9 Å². The van der Waals surface area contributed by atoms with E-state index in [-0.39, 0.29) is 11.9 Å². The minimum atomic E-state index is -0.253. The summed E-state index contributed by atoms with van der Waals surface area (Å²) in [7, 11) is 0. The normalized spacial score (nSPS) is 10.5. The van der Waals surface area contributed by atoms with E-state index in [2.05, 4.69) is 61.7 Å². The fraction of sp³-hybridized carbons (Fsp3) is 0.500. The summed E-state index contributed by atoms with van der Waals surface area (Å²) < 4.78 is 1.75. The lowest BCUT2D eigenvalue weighted by Gasteiger charge is -2.10. The van der Waals surface area contributed by atoms with Crippen molar-refractivity contribution in [2.75, 3.05) is 18.4 Å². The Morgan fingerprint density at radius 3 is 2.52 bits per heavy atom. The first-order chi connectivity index (χ1) is 10.9. The Kier molecular flexibility index (Phi) is 9.24. The zero-order valence-corrected chi connectivity index (χ0v) is 16.6. The van der Waals surface area contributed by atoms with Crippen LogP contribution < -0.4 is 16.0 Å². The van der Waals surface area contributed by atoms with Gasteiger partial charge in [-0.1, -0.05) is 29.8 Å². The number of hydrogen-bond acceptors (Lipinski definition) is 2. The molecule has 0 aliphatic rings. The van der Waals surface area contributed by atoms with E-state index in [9.17, 15) is 9.59 Å². The van der Waals surface area contributed by atoms with Crippen LogP contribution in [0.15, 0.2) is 27.1 Å². The summed E-state index contributed by atoms with van der Waals surface area (Å²) in [6, 6.07) is 5.28. The van der Waals surface area contributed by atoms with Crippen LogP contribution in [0.3, 0.4) is 0 Å². The van der Waals surface area contributed by atoms with E-state index in [0.29, 0.717) is 31.1 Å². The van der Waals surface area contributed by atoms with Gasteiger partial charge >= 0.3 is 6.03 Å². The number of urea groups is 1. The third-order valence-corrected chi connectivity index (χ3v) is 4.15. The molecule has 0 unspecified atom stereocenters. The first-order valence-electron chi connectivity index (χ1n) is 7.65. The first kappa shape index (κ1) is 20.0. The average molecular weight is 449 g/mol. The van der Waals surface area contributed by atoms with Crippen molar-refractivity contribution in [1.82, 2.24) is 10.6 Å². The molecule has 7 heteroatoms. The zero-order valence-electron chi connectivity index (χ0n) is 13.4. The Morgan fingerprint density at radius 1 is 1.13 bits per heavy atom. The number of anilines is 1. The second kappa shape index (κ2) is 10.6. The third kappa shape index (κ3) is 8.95. The van der Waals surface area contributed by atoms with E-state index in [1.54, 1.807) is 0 Å². The molecule has 0 saturated carbocycles.